The number of guanidine groups is 1. The number of benzene rings is 1. The van der Waals surface area contributed by atoms with Crippen LogP contribution >= 0.6 is 0 Å². The molecular formula is C16H17N5O2. The van der Waals surface area contributed by atoms with Crippen LogP contribution in [0.3, 0.4) is 0 Å². The van der Waals surface area contributed by atoms with Crippen LogP contribution < -0.4 is 10.2 Å². The van der Waals surface area contributed by atoms with Crippen LogP contribution in [0.15, 0.2) is 46.7 Å². The van der Waals surface area contributed by atoms with E-state index in [2.05, 4.69) is 10.3 Å². The number of imide groups is 1. The zero-order valence-electron chi connectivity index (χ0n) is 13.1. The molecule has 4 rings (SSSR count). The van der Waals surface area contributed by atoms with Crippen molar-refractivity contribution in [3.8, 4) is 0 Å². The van der Waals surface area contributed by atoms with Crippen LogP contribution in [0.2, 0.25) is 0 Å². The Kier molecular flexibility index (Phi) is 2.75. The molecule has 1 saturated heterocycles. The number of likely N-dealkylation sites (N-methyl/N-ethyl adjacent to an activating group) is 1. The van der Waals surface area contributed by atoms with Gasteiger partial charge in [0.1, 0.15) is 0 Å². The molecule has 3 aliphatic heterocycles. The summed E-state index contributed by atoms with van der Waals surface area (Å²) in [5, 5.41) is 2.40. The Balaban J connectivity index is 1.82. The summed E-state index contributed by atoms with van der Waals surface area (Å²) in [6.45, 7) is 3.98. The molecule has 0 aliphatic carbocycles. The molecule has 0 spiro atoms. The first-order valence-electron chi connectivity index (χ1n) is 7.48. The zero-order valence-corrected chi connectivity index (χ0v) is 13.1. The van der Waals surface area contributed by atoms with E-state index in [9.17, 15) is 9.59 Å². The molecule has 2 unspecified atom stereocenters. The molecule has 0 bridgehead atoms. The van der Waals surface area contributed by atoms with Gasteiger partial charge in [0, 0.05) is 24.1 Å². The lowest BCUT2D eigenvalue weighted by Crippen LogP contribution is -2.63. The van der Waals surface area contributed by atoms with Gasteiger partial charge in [-0.25, -0.2) is 9.79 Å². The Morgan fingerprint density at radius 1 is 1.09 bits per heavy atom. The van der Waals surface area contributed by atoms with Crippen molar-refractivity contribution in [2.75, 3.05) is 11.9 Å². The number of fused-ring (bicyclic) bond motifs is 3. The van der Waals surface area contributed by atoms with E-state index in [1.54, 1.807) is 7.05 Å². The molecule has 3 amide bonds. The van der Waals surface area contributed by atoms with Gasteiger partial charge in [-0.15, -0.1) is 0 Å². The Morgan fingerprint density at radius 3 is 2.48 bits per heavy atom. The first-order valence-corrected chi connectivity index (χ1v) is 7.48. The number of anilines is 1. The number of carbonyl (C=O) groups excluding carboxylic acids is 2. The largest absolute Gasteiger partial charge is 0.325 e. The maximum absolute atomic E-state index is 12.4. The lowest BCUT2D eigenvalue weighted by atomic mass is 10.1. The van der Waals surface area contributed by atoms with Crippen molar-refractivity contribution in [2.24, 2.45) is 4.99 Å². The SMILES string of the molecule is CC1=C(C)N2C(=NC3C2C(=O)NC(=O)N3C)N1c1ccccc1. The first-order chi connectivity index (χ1) is 11.0. The summed E-state index contributed by atoms with van der Waals surface area (Å²) in [4.78, 5) is 34.3. The van der Waals surface area contributed by atoms with Gasteiger partial charge in [-0.1, -0.05) is 18.2 Å². The lowest BCUT2D eigenvalue weighted by molar-refractivity contribution is -0.126. The minimum absolute atomic E-state index is 0.307. The van der Waals surface area contributed by atoms with Gasteiger partial charge < -0.3 is 4.90 Å². The molecule has 0 aromatic heterocycles. The zero-order chi connectivity index (χ0) is 16.3. The fourth-order valence-electron chi connectivity index (χ4n) is 3.34. The first kappa shape index (κ1) is 13.8. The second-order valence-electron chi connectivity index (χ2n) is 5.90. The predicted molar refractivity (Wildman–Crippen MR) is 85.4 cm³/mol. The van der Waals surface area contributed by atoms with E-state index in [1.807, 2.05) is 54.0 Å². The van der Waals surface area contributed by atoms with Crippen molar-refractivity contribution >= 4 is 23.6 Å². The lowest BCUT2D eigenvalue weighted by Gasteiger charge is -2.35. The number of para-hydroxylation sites is 1. The number of allylic oxidation sites excluding steroid dienone is 2. The molecule has 0 radical (unpaired) electrons. The number of hydrogen-bond acceptors (Lipinski definition) is 5. The third-order valence-corrected chi connectivity index (χ3v) is 4.67. The summed E-state index contributed by atoms with van der Waals surface area (Å²) in [7, 11) is 1.66. The van der Waals surface area contributed by atoms with E-state index >= 15 is 0 Å². The molecule has 1 fully saturated rings. The van der Waals surface area contributed by atoms with E-state index in [0.29, 0.717) is 5.96 Å². The minimum atomic E-state index is -0.517. The highest BCUT2D eigenvalue weighted by Gasteiger charge is 2.53. The molecule has 2 atom stereocenters. The molecule has 1 aromatic carbocycles. The molecule has 0 saturated carbocycles. The number of aliphatic imine (C=N–C) groups is 1. The molecule has 118 valence electrons. The van der Waals surface area contributed by atoms with E-state index in [0.717, 1.165) is 17.1 Å². The van der Waals surface area contributed by atoms with Crippen molar-refractivity contribution in [3.05, 3.63) is 41.7 Å². The number of rotatable bonds is 1. The van der Waals surface area contributed by atoms with Crippen molar-refractivity contribution in [1.82, 2.24) is 15.1 Å². The molecular weight excluding hydrogens is 294 g/mol. The monoisotopic (exact) mass is 311 g/mol. The molecule has 7 nitrogen and oxygen atoms in total. The summed E-state index contributed by atoms with van der Waals surface area (Å²) >= 11 is 0. The highest BCUT2D eigenvalue weighted by Crippen LogP contribution is 2.38. The van der Waals surface area contributed by atoms with Crippen LogP contribution in [0.4, 0.5) is 10.5 Å². The predicted octanol–water partition coefficient (Wildman–Crippen LogP) is 1.31. The Hall–Kier alpha value is -2.83. The van der Waals surface area contributed by atoms with Crippen LogP contribution in [-0.2, 0) is 4.79 Å². The number of carbonyl (C=O) groups is 2. The Morgan fingerprint density at radius 2 is 1.78 bits per heavy atom. The topological polar surface area (TPSA) is 68.2 Å². The fourth-order valence-corrected chi connectivity index (χ4v) is 3.34. The standard InChI is InChI=1S/C16H17N5O2/c1-9-10(2)21-12-13(19(3)16(23)18-14(12)22)17-15(21)20(9)11-7-5-4-6-8-11/h4-8,12-13H,1-3H3,(H,18,22,23). The van der Waals surface area contributed by atoms with Gasteiger partial charge in [-0.2, -0.15) is 0 Å². The summed E-state index contributed by atoms with van der Waals surface area (Å²) in [6.07, 6.45) is -0.500. The molecule has 1 aromatic rings. The molecule has 1 N–H and O–H groups in total. The van der Waals surface area contributed by atoms with Crippen molar-refractivity contribution < 1.29 is 9.59 Å². The third-order valence-electron chi connectivity index (χ3n) is 4.67. The number of hydrogen-bond donors (Lipinski definition) is 1. The molecule has 3 heterocycles. The van der Waals surface area contributed by atoms with E-state index < -0.39 is 18.2 Å². The van der Waals surface area contributed by atoms with Crippen LogP contribution in [-0.4, -0.2) is 47.0 Å². The number of nitrogens with zero attached hydrogens (tertiary/aromatic N) is 4. The van der Waals surface area contributed by atoms with E-state index in [4.69, 9.17) is 0 Å². The van der Waals surface area contributed by atoms with Crippen molar-refractivity contribution in [2.45, 2.75) is 26.1 Å². The van der Waals surface area contributed by atoms with Crippen LogP contribution in [0.25, 0.3) is 0 Å². The van der Waals surface area contributed by atoms with E-state index in [1.165, 1.54) is 4.90 Å². The maximum Gasteiger partial charge on any atom is 0.325 e. The number of amides is 3. The maximum atomic E-state index is 12.4. The Bertz CT molecular complexity index is 770. The van der Waals surface area contributed by atoms with Crippen LogP contribution in [0.5, 0.6) is 0 Å². The van der Waals surface area contributed by atoms with Crippen molar-refractivity contribution in [3.63, 3.8) is 0 Å². The van der Waals surface area contributed by atoms with Gasteiger partial charge in [0.25, 0.3) is 5.91 Å². The smallest absolute Gasteiger partial charge is 0.303 e. The highest BCUT2D eigenvalue weighted by molar-refractivity contribution is 6.10. The van der Waals surface area contributed by atoms with Gasteiger partial charge in [-0.05, 0) is 26.0 Å². The summed E-state index contributed by atoms with van der Waals surface area (Å²) in [6, 6.07) is 8.96. The average Bonchev–Trinajstić information content (AvgIpc) is 3.03. The number of nitrogens with one attached hydrogen (secondary N) is 1. The normalized spacial score (nSPS) is 26.4. The minimum Gasteiger partial charge on any atom is -0.303 e. The summed E-state index contributed by atoms with van der Waals surface area (Å²) < 4.78 is 0. The summed E-state index contributed by atoms with van der Waals surface area (Å²) in [5.74, 6) is 0.386. The third kappa shape index (κ3) is 1.73. The van der Waals surface area contributed by atoms with Crippen LogP contribution in [0, 0.1) is 0 Å². The molecule has 7 heteroatoms. The number of urea groups is 1. The van der Waals surface area contributed by atoms with E-state index in [-0.39, 0.29) is 5.91 Å². The summed E-state index contributed by atoms with van der Waals surface area (Å²) in [5.41, 5.74) is 2.98. The fraction of sp³-hybridized carbons (Fsp3) is 0.312. The van der Waals surface area contributed by atoms with Crippen LogP contribution in [0.1, 0.15) is 13.8 Å². The molecule has 23 heavy (non-hydrogen) atoms. The van der Waals surface area contributed by atoms with Crippen molar-refractivity contribution in [1.29, 1.82) is 0 Å². The van der Waals surface area contributed by atoms with Gasteiger partial charge in [-0.3, -0.25) is 19.9 Å². The average molecular weight is 311 g/mol. The van der Waals surface area contributed by atoms with Gasteiger partial charge in [0.2, 0.25) is 5.96 Å². The molecule has 3 aliphatic rings. The van der Waals surface area contributed by atoms with Gasteiger partial charge >= 0.3 is 6.03 Å². The second kappa shape index (κ2) is 4.58. The quantitative estimate of drug-likeness (QED) is 0.849. The second-order valence-corrected chi connectivity index (χ2v) is 5.90. The van der Waals surface area contributed by atoms with Gasteiger partial charge in [0.05, 0.1) is 0 Å². The Labute approximate surface area is 133 Å². The van der Waals surface area contributed by atoms with Gasteiger partial charge in [0.15, 0.2) is 12.2 Å². The highest BCUT2D eigenvalue weighted by atomic mass is 16.2.